The zero-order valence-corrected chi connectivity index (χ0v) is 13.9. The van der Waals surface area contributed by atoms with E-state index in [1.807, 2.05) is 0 Å². The van der Waals surface area contributed by atoms with Crippen LogP contribution in [0.15, 0.2) is 0 Å². The summed E-state index contributed by atoms with van der Waals surface area (Å²) in [4.78, 5) is 5.01. The Bertz CT molecular complexity index is 242. The number of hydrogen-bond donors (Lipinski definition) is 1. The second-order valence-corrected chi connectivity index (χ2v) is 6.63. The fourth-order valence-electron chi connectivity index (χ4n) is 3.24. The first-order valence-corrected chi connectivity index (χ1v) is 8.11. The van der Waals surface area contributed by atoms with Crippen molar-refractivity contribution in [1.29, 1.82) is 0 Å². The van der Waals surface area contributed by atoms with Crippen LogP contribution >= 0.6 is 0 Å². The van der Waals surface area contributed by atoms with Crippen LogP contribution < -0.4 is 5.32 Å². The topological polar surface area (TPSA) is 18.5 Å². The molecule has 1 fully saturated rings. The van der Waals surface area contributed by atoms with Crippen molar-refractivity contribution < 1.29 is 0 Å². The molecule has 0 spiro atoms. The van der Waals surface area contributed by atoms with Crippen molar-refractivity contribution in [2.24, 2.45) is 5.92 Å². The number of piperidine rings is 1. The summed E-state index contributed by atoms with van der Waals surface area (Å²) in [7, 11) is 4.33. The second kappa shape index (κ2) is 8.23. The van der Waals surface area contributed by atoms with Gasteiger partial charge < -0.3 is 10.2 Å². The molecule has 0 aromatic rings. The molecule has 0 amide bonds. The SMILES string of the molecule is CCCNC1CCN(C(C)CCN(C)C)C(C)C1C. The fraction of sp³-hybridized carbons (Fsp3) is 1.00. The Hall–Kier alpha value is -0.120. The van der Waals surface area contributed by atoms with E-state index in [1.54, 1.807) is 0 Å². The highest BCUT2D eigenvalue weighted by Crippen LogP contribution is 2.26. The zero-order chi connectivity index (χ0) is 14.4. The van der Waals surface area contributed by atoms with Crippen LogP contribution in [0.2, 0.25) is 0 Å². The second-order valence-electron chi connectivity index (χ2n) is 6.63. The first-order valence-electron chi connectivity index (χ1n) is 8.11. The summed E-state index contributed by atoms with van der Waals surface area (Å²) in [6.07, 6.45) is 3.81. The molecule has 4 atom stereocenters. The molecule has 1 heterocycles. The lowest BCUT2D eigenvalue weighted by Crippen LogP contribution is -2.56. The molecule has 4 unspecified atom stereocenters. The highest BCUT2D eigenvalue weighted by molar-refractivity contribution is 4.90. The Labute approximate surface area is 120 Å². The molecule has 3 nitrogen and oxygen atoms in total. The number of nitrogens with one attached hydrogen (secondary N) is 1. The molecule has 19 heavy (non-hydrogen) atoms. The van der Waals surface area contributed by atoms with Crippen molar-refractivity contribution in [2.45, 2.75) is 65.1 Å². The Morgan fingerprint density at radius 2 is 2.00 bits per heavy atom. The van der Waals surface area contributed by atoms with Crippen molar-refractivity contribution in [3.05, 3.63) is 0 Å². The van der Waals surface area contributed by atoms with E-state index in [9.17, 15) is 0 Å². The zero-order valence-electron chi connectivity index (χ0n) is 13.9. The summed E-state index contributed by atoms with van der Waals surface area (Å²) in [5.41, 5.74) is 0. The van der Waals surface area contributed by atoms with Gasteiger partial charge in [0.1, 0.15) is 0 Å². The van der Waals surface area contributed by atoms with Crippen molar-refractivity contribution in [3.63, 3.8) is 0 Å². The Morgan fingerprint density at radius 3 is 2.58 bits per heavy atom. The normalized spacial score (nSPS) is 30.8. The molecule has 0 saturated carbocycles. The van der Waals surface area contributed by atoms with Crippen LogP contribution in [0.4, 0.5) is 0 Å². The lowest BCUT2D eigenvalue weighted by Gasteiger charge is -2.46. The van der Waals surface area contributed by atoms with E-state index >= 15 is 0 Å². The molecule has 3 heteroatoms. The van der Waals surface area contributed by atoms with E-state index in [0.717, 1.165) is 12.5 Å². The quantitative estimate of drug-likeness (QED) is 0.766. The van der Waals surface area contributed by atoms with Gasteiger partial charge in [0.25, 0.3) is 0 Å². The van der Waals surface area contributed by atoms with E-state index in [0.29, 0.717) is 18.1 Å². The molecule has 0 bridgehead atoms. The Balaban J connectivity index is 2.46. The van der Waals surface area contributed by atoms with Crippen molar-refractivity contribution in [1.82, 2.24) is 15.1 Å². The third kappa shape index (κ3) is 5.05. The molecule has 0 aliphatic carbocycles. The van der Waals surface area contributed by atoms with E-state index in [-0.39, 0.29) is 0 Å². The van der Waals surface area contributed by atoms with Crippen molar-refractivity contribution in [2.75, 3.05) is 33.7 Å². The molecule has 0 aromatic carbocycles. The van der Waals surface area contributed by atoms with Gasteiger partial charge in [-0.25, -0.2) is 0 Å². The van der Waals surface area contributed by atoms with Gasteiger partial charge in [-0.2, -0.15) is 0 Å². The monoisotopic (exact) mass is 269 g/mol. The van der Waals surface area contributed by atoms with E-state index in [4.69, 9.17) is 0 Å². The van der Waals surface area contributed by atoms with Gasteiger partial charge in [0.2, 0.25) is 0 Å². The molecule has 1 saturated heterocycles. The average molecular weight is 269 g/mol. The molecular weight excluding hydrogens is 234 g/mol. The maximum absolute atomic E-state index is 3.73. The van der Waals surface area contributed by atoms with Crippen LogP contribution in [-0.4, -0.2) is 61.7 Å². The maximum Gasteiger partial charge on any atom is 0.0120 e. The molecule has 1 aliphatic heterocycles. The van der Waals surface area contributed by atoms with Crippen LogP contribution in [0.1, 0.15) is 47.0 Å². The maximum atomic E-state index is 3.73. The minimum absolute atomic E-state index is 0.695. The molecule has 0 aromatic heterocycles. The Kier molecular flexibility index (Phi) is 7.33. The molecule has 0 radical (unpaired) electrons. The van der Waals surface area contributed by atoms with E-state index in [1.165, 1.54) is 32.4 Å². The van der Waals surface area contributed by atoms with Gasteiger partial charge >= 0.3 is 0 Å². The summed E-state index contributed by atoms with van der Waals surface area (Å²) in [5.74, 6) is 0.752. The molecule has 114 valence electrons. The molecular formula is C16H35N3. The number of rotatable bonds is 7. The van der Waals surface area contributed by atoms with Crippen LogP contribution in [0, 0.1) is 5.92 Å². The van der Waals surface area contributed by atoms with Crippen molar-refractivity contribution in [3.8, 4) is 0 Å². The van der Waals surface area contributed by atoms with Gasteiger partial charge in [0, 0.05) is 24.7 Å². The first-order chi connectivity index (χ1) is 8.97. The summed E-state index contributed by atoms with van der Waals surface area (Å²) >= 11 is 0. The van der Waals surface area contributed by atoms with Gasteiger partial charge in [-0.05, 0) is 66.2 Å². The van der Waals surface area contributed by atoms with Crippen LogP contribution in [0.5, 0.6) is 0 Å². The van der Waals surface area contributed by atoms with Gasteiger partial charge in [-0.1, -0.05) is 13.8 Å². The lowest BCUT2D eigenvalue weighted by atomic mass is 9.85. The largest absolute Gasteiger partial charge is 0.314 e. The van der Waals surface area contributed by atoms with Crippen LogP contribution in [0.3, 0.4) is 0 Å². The summed E-state index contributed by atoms with van der Waals surface area (Å²) in [6, 6.07) is 2.11. The summed E-state index contributed by atoms with van der Waals surface area (Å²) in [5, 5.41) is 3.73. The van der Waals surface area contributed by atoms with Gasteiger partial charge in [0.15, 0.2) is 0 Å². The number of nitrogens with zero attached hydrogens (tertiary/aromatic N) is 2. The third-order valence-electron chi connectivity index (χ3n) is 4.83. The predicted molar refractivity (Wildman–Crippen MR) is 84.7 cm³/mol. The lowest BCUT2D eigenvalue weighted by molar-refractivity contribution is 0.0474. The van der Waals surface area contributed by atoms with Gasteiger partial charge in [-0.15, -0.1) is 0 Å². The molecule has 1 aliphatic rings. The first kappa shape index (κ1) is 16.9. The summed E-state index contributed by atoms with van der Waals surface area (Å²) in [6.45, 7) is 13.1. The standard InChI is InChI=1S/C16H35N3/c1-7-10-17-16-9-12-19(15(4)14(16)3)13(2)8-11-18(5)6/h13-17H,7-12H2,1-6H3. The fourth-order valence-corrected chi connectivity index (χ4v) is 3.24. The van der Waals surface area contributed by atoms with Crippen LogP contribution in [0.25, 0.3) is 0 Å². The smallest absolute Gasteiger partial charge is 0.0120 e. The predicted octanol–water partition coefficient (Wildman–Crippen LogP) is 2.43. The van der Waals surface area contributed by atoms with E-state index < -0.39 is 0 Å². The number of hydrogen-bond acceptors (Lipinski definition) is 3. The van der Waals surface area contributed by atoms with Crippen molar-refractivity contribution >= 4 is 0 Å². The summed E-state index contributed by atoms with van der Waals surface area (Å²) < 4.78 is 0. The Morgan fingerprint density at radius 1 is 1.32 bits per heavy atom. The molecule has 1 N–H and O–H groups in total. The van der Waals surface area contributed by atoms with Crippen LogP contribution in [-0.2, 0) is 0 Å². The highest BCUT2D eigenvalue weighted by atomic mass is 15.2. The minimum Gasteiger partial charge on any atom is -0.314 e. The molecule has 1 rings (SSSR count). The van der Waals surface area contributed by atoms with Gasteiger partial charge in [-0.3, -0.25) is 4.90 Å². The van der Waals surface area contributed by atoms with Gasteiger partial charge in [0.05, 0.1) is 0 Å². The highest BCUT2D eigenvalue weighted by Gasteiger charge is 2.33. The average Bonchev–Trinajstić information content (AvgIpc) is 2.37. The van der Waals surface area contributed by atoms with E-state index in [2.05, 4.69) is 56.9 Å². The third-order valence-corrected chi connectivity index (χ3v) is 4.83. The minimum atomic E-state index is 0.695. The number of likely N-dealkylation sites (tertiary alicyclic amines) is 1.